The van der Waals surface area contributed by atoms with Gasteiger partial charge in [-0.15, -0.1) is 0 Å². The molecule has 96 valence electrons. The van der Waals surface area contributed by atoms with E-state index in [4.69, 9.17) is 57.7 Å². The number of phosphoric acid groups is 3. The van der Waals surface area contributed by atoms with Crippen LogP contribution in [0.5, 0.6) is 0 Å². The molecule has 0 aliphatic rings. The minimum absolute atomic E-state index is 0. The molecule has 0 aliphatic carbocycles. The maximum atomic E-state index is 8.55. The summed E-state index contributed by atoms with van der Waals surface area (Å²) in [4.78, 5) is 76.9. The SMILES string of the molecule is O=P([O-])([O-])[O-].O=P([O-])([O-])[O-].O=P([O-])([O-])[O-].[Na+].[Zr+4].[Zr+4]. The second-order valence-electron chi connectivity index (χ2n) is 1.34. The third kappa shape index (κ3) is 652. The maximum absolute atomic E-state index is 8.55. The predicted molar refractivity (Wildman–Crippen MR) is 22.8 cm³/mol. The summed E-state index contributed by atoms with van der Waals surface area (Å²) < 4.78 is 25.6. The number of hydrogen-bond acceptors (Lipinski definition) is 12. The Morgan fingerprint density at radius 3 is 0.444 bits per heavy atom. The Labute approximate surface area is 161 Å². The molecule has 18 heavy (non-hydrogen) atoms. The topological polar surface area (TPSA) is 259 Å². The minimum atomic E-state index is -5.39. The zero-order valence-corrected chi connectivity index (χ0v) is 17.8. The van der Waals surface area contributed by atoms with Crippen molar-refractivity contribution < 1.29 is 140 Å². The third-order valence-corrected chi connectivity index (χ3v) is 0. The van der Waals surface area contributed by atoms with Crippen molar-refractivity contribution in [3.05, 3.63) is 0 Å². The molecule has 0 saturated heterocycles. The molecule has 0 aromatic heterocycles. The van der Waals surface area contributed by atoms with Crippen molar-refractivity contribution in [2.24, 2.45) is 0 Å². The van der Waals surface area contributed by atoms with Crippen LogP contribution in [0.15, 0.2) is 0 Å². The van der Waals surface area contributed by atoms with E-state index < -0.39 is 23.5 Å². The molecule has 0 saturated carbocycles. The molecule has 0 atom stereocenters. The third-order valence-electron chi connectivity index (χ3n) is 0. The molecule has 0 fully saturated rings. The predicted octanol–water partition coefficient (Wildman–Crippen LogP) is -11.5. The molecule has 12 nitrogen and oxygen atoms in total. The first kappa shape index (κ1) is 37.4. The van der Waals surface area contributed by atoms with Crippen LogP contribution in [0.2, 0.25) is 0 Å². The van der Waals surface area contributed by atoms with Crippen molar-refractivity contribution in [3.8, 4) is 0 Å². The van der Waals surface area contributed by atoms with Crippen LogP contribution in [-0.4, -0.2) is 0 Å². The molecular formula is NaO12P3Zr2. The molecule has 0 aromatic rings. The van der Waals surface area contributed by atoms with Gasteiger partial charge in [-0.25, -0.2) is 0 Å². The van der Waals surface area contributed by atoms with Gasteiger partial charge in [-0.3, -0.25) is 0 Å². The molecule has 0 heterocycles. The quantitative estimate of drug-likeness (QED) is 0.226. The van der Waals surface area contributed by atoms with Gasteiger partial charge in [0.2, 0.25) is 0 Å². The normalized spacial score (nSPS) is 9.83. The Bertz CT molecular complexity index is 211. The van der Waals surface area contributed by atoms with Crippen LogP contribution in [0.1, 0.15) is 0 Å². The van der Waals surface area contributed by atoms with Crippen LogP contribution < -0.4 is 73.6 Å². The fraction of sp³-hybridized carbons (Fsp3) is 0. The summed E-state index contributed by atoms with van der Waals surface area (Å²) in [5.74, 6) is 0. The molecule has 0 aliphatic heterocycles. The summed E-state index contributed by atoms with van der Waals surface area (Å²) in [7, 11) is -16.2. The van der Waals surface area contributed by atoms with Gasteiger partial charge in [0.15, 0.2) is 0 Å². The molecule has 0 unspecified atom stereocenters. The molecule has 0 amide bonds. The van der Waals surface area contributed by atoms with E-state index in [9.17, 15) is 0 Å². The number of hydrogen-bond donors (Lipinski definition) is 0. The standard InChI is InChI=1S/Na.3H3O4P.2Zr/c;3*1-5(2,3)4;;/h;3*(H3,1,2,3,4);;/q+1;;;;2*+4/p-9. The minimum Gasteiger partial charge on any atom is -0.822 e. The summed E-state index contributed by atoms with van der Waals surface area (Å²) >= 11 is 0. The summed E-state index contributed by atoms with van der Waals surface area (Å²) in [6.45, 7) is 0. The summed E-state index contributed by atoms with van der Waals surface area (Å²) in [5.41, 5.74) is 0. The van der Waals surface area contributed by atoms with E-state index in [1.807, 2.05) is 0 Å². The summed E-state index contributed by atoms with van der Waals surface area (Å²) in [6, 6.07) is 0. The van der Waals surface area contributed by atoms with Gasteiger partial charge in [0.05, 0.1) is 0 Å². The van der Waals surface area contributed by atoms with Crippen molar-refractivity contribution in [3.63, 3.8) is 0 Å². The Balaban J connectivity index is -0.0000000277. The van der Waals surface area contributed by atoms with E-state index >= 15 is 0 Å². The van der Waals surface area contributed by atoms with Crippen LogP contribution >= 0.6 is 23.5 Å². The Kier molecular flexibility index (Phi) is 34.2. The van der Waals surface area contributed by atoms with Crippen molar-refractivity contribution in [2.75, 3.05) is 0 Å². The fourth-order valence-corrected chi connectivity index (χ4v) is 0. The second kappa shape index (κ2) is 16.5. The zero-order chi connectivity index (χ0) is 13.5. The second-order valence-corrected chi connectivity index (χ2v) is 4.02. The van der Waals surface area contributed by atoms with Crippen LogP contribution in [-0.2, 0) is 66.1 Å². The Morgan fingerprint density at radius 2 is 0.444 bits per heavy atom. The molecule has 0 N–H and O–H groups in total. The molecule has 0 radical (unpaired) electrons. The fourth-order valence-electron chi connectivity index (χ4n) is 0. The first-order valence-corrected chi connectivity index (χ1v) is 6.57. The zero-order valence-electron chi connectivity index (χ0n) is 8.24. The Morgan fingerprint density at radius 1 is 0.444 bits per heavy atom. The molecule has 18 heteroatoms. The van der Waals surface area contributed by atoms with E-state index in [1.165, 1.54) is 0 Å². The van der Waals surface area contributed by atoms with Gasteiger partial charge in [0.25, 0.3) is 0 Å². The van der Waals surface area contributed by atoms with Crippen LogP contribution in [0.3, 0.4) is 0 Å². The van der Waals surface area contributed by atoms with E-state index in [-0.39, 0.29) is 82.0 Å². The van der Waals surface area contributed by atoms with E-state index in [0.717, 1.165) is 0 Å². The van der Waals surface area contributed by atoms with Gasteiger partial charge in [-0.2, -0.15) is 23.5 Å². The summed E-state index contributed by atoms with van der Waals surface area (Å²) in [6.07, 6.45) is 0. The Hall–Kier alpha value is 3.10. The molecule has 0 spiro atoms. The molecule has 0 rings (SSSR count). The van der Waals surface area contributed by atoms with Crippen molar-refractivity contribution in [2.45, 2.75) is 0 Å². The smallest absolute Gasteiger partial charge is 0.822 e. The van der Waals surface area contributed by atoms with Crippen molar-refractivity contribution >= 4 is 23.5 Å². The van der Waals surface area contributed by atoms with E-state index in [0.29, 0.717) is 0 Å². The van der Waals surface area contributed by atoms with Gasteiger partial charge in [0, 0.05) is 0 Å². The first-order chi connectivity index (χ1) is 6.00. The molecular weight excluding hydrogens is 490 g/mol. The van der Waals surface area contributed by atoms with Gasteiger partial charge in [0.1, 0.15) is 0 Å². The van der Waals surface area contributed by atoms with E-state index in [2.05, 4.69) is 0 Å². The van der Waals surface area contributed by atoms with E-state index in [1.54, 1.807) is 0 Å². The van der Waals surface area contributed by atoms with Crippen LogP contribution in [0.25, 0.3) is 0 Å². The molecule has 0 bridgehead atoms. The first-order valence-electron chi connectivity index (χ1n) is 2.19. The maximum Gasteiger partial charge on any atom is 4.00 e. The molecule has 0 aromatic carbocycles. The average molecular weight is 490 g/mol. The van der Waals surface area contributed by atoms with Gasteiger partial charge in [-0.1, -0.05) is 0 Å². The van der Waals surface area contributed by atoms with Crippen LogP contribution in [0, 0.1) is 0 Å². The average Bonchev–Trinajstić information content (AvgIpc) is 1.41. The van der Waals surface area contributed by atoms with Gasteiger partial charge >= 0.3 is 82.0 Å². The van der Waals surface area contributed by atoms with Crippen molar-refractivity contribution in [1.29, 1.82) is 0 Å². The summed E-state index contributed by atoms with van der Waals surface area (Å²) in [5, 5.41) is 0. The van der Waals surface area contributed by atoms with Crippen molar-refractivity contribution in [1.82, 2.24) is 0 Å². The monoisotopic (exact) mass is 488 g/mol. The van der Waals surface area contributed by atoms with Gasteiger partial charge < -0.3 is 57.7 Å². The van der Waals surface area contributed by atoms with Gasteiger partial charge in [-0.05, 0) is 0 Å². The number of rotatable bonds is 0. The van der Waals surface area contributed by atoms with Crippen LogP contribution in [0.4, 0.5) is 0 Å². The largest absolute Gasteiger partial charge is 4.00 e.